The Morgan fingerprint density at radius 1 is 1.33 bits per heavy atom. The molecule has 0 aliphatic rings. The zero-order valence-electron chi connectivity index (χ0n) is 10.3. The van der Waals surface area contributed by atoms with Gasteiger partial charge in [-0.2, -0.15) is 11.8 Å². The van der Waals surface area contributed by atoms with Crippen LogP contribution in [0.2, 0.25) is 0 Å². The number of carbonyl (C=O) groups excluding carboxylic acids is 1. The molecule has 90 valence electrons. The molecule has 0 saturated heterocycles. The Hall–Kier alpha value is -0.220. The molecule has 0 aromatic rings. The van der Waals surface area contributed by atoms with E-state index in [4.69, 9.17) is 0 Å². The van der Waals surface area contributed by atoms with Gasteiger partial charge in [-0.1, -0.05) is 20.8 Å². The van der Waals surface area contributed by atoms with E-state index in [-0.39, 0.29) is 5.91 Å². The van der Waals surface area contributed by atoms with E-state index >= 15 is 0 Å². The van der Waals surface area contributed by atoms with Crippen LogP contribution in [-0.2, 0) is 4.79 Å². The van der Waals surface area contributed by atoms with Crippen molar-refractivity contribution in [2.24, 2.45) is 5.92 Å². The zero-order chi connectivity index (χ0) is 11.7. The van der Waals surface area contributed by atoms with Gasteiger partial charge in [0.25, 0.3) is 0 Å². The minimum Gasteiger partial charge on any atom is -0.355 e. The molecular formula is C11H24N2OS. The van der Waals surface area contributed by atoms with Gasteiger partial charge in [-0.3, -0.25) is 4.79 Å². The van der Waals surface area contributed by atoms with Gasteiger partial charge >= 0.3 is 0 Å². The Morgan fingerprint density at radius 3 is 2.53 bits per heavy atom. The number of thioether (sulfide) groups is 1. The molecule has 4 heteroatoms. The van der Waals surface area contributed by atoms with Crippen molar-refractivity contribution in [3.63, 3.8) is 0 Å². The Labute approximate surface area is 97.8 Å². The summed E-state index contributed by atoms with van der Waals surface area (Å²) in [5.41, 5.74) is 0. The second kappa shape index (κ2) is 9.04. The largest absolute Gasteiger partial charge is 0.355 e. The molecule has 0 bridgehead atoms. The highest BCUT2D eigenvalue weighted by Gasteiger charge is 2.05. The van der Waals surface area contributed by atoms with Gasteiger partial charge in [-0.25, -0.2) is 0 Å². The van der Waals surface area contributed by atoms with Gasteiger partial charge in [-0.15, -0.1) is 0 Å². The normalized spacial score (nSPS) is 12.9. The summed E-state index contributed by atoms with van der Waals surface area (Å²) in [5.74, 6) is 2.80. The van der Waals surface area contributed by atoms with Crippen molar-refractivity contribution >= 4 is 17.7 Å². The molecule has 0 heterocycles. The second-order valence-electron chi connectivity index (χ2n) is 4.14. The molecule has 0 radical (unpaired) electrons. The lowest BCUT2D eigenvalue weighted by molar-refractivity contribution is -0.120. The van der Waals surface area contributed by atoms with E-state index in [1.165, 1.54) is 0 Å². The van der Waals surface area contributed by atoms with Crippen LogP contribution >= 0.6 is 11.8 Å². The third-order valence-corrected chi connectivity index (χ3v) is 3.03. The van der Waals surface area contributed by atoms with E-state index in [1.54, 1.807) is 0 Å². The van der Waals surface area contributed by atoms with E-state index < -0.39 is 0 Å². The maximum atomic E-state index is 11.3. The summed E-state index contributed by atoms with van der Waals surface area (Å²) >= 11 is 1.89. The summed E-state index contributed by atoms with van der Waals surface area (Å²) in [7, 11) is 0. The quantitative estimate of drug-likeness (QED) is 0.666. The molecule has 0 rings (SSSR count). The fourth-order valence-corrected chi connectivity index (χ4v) is 1.71. The molecule has 1 amide bonds. The van der Waals surface area contributed by atoms with Crippen molar-refractivity contribution in [1.29, 1.82) is 0 Å². The van der Waals surface area contributed by atoms with E-state index in [1.807, 2.05) is 11.8 Å². The zero-order valence-corrected chi connectivity index (χ0v) is 11.1. The SMILES string of the molecule is CCSCC(C)NCC(=O)NCC(C)C. The van der Waals surface area contributed by atoms with Crippen LogP contribution in [0.3, 0.4) is 0 Å². The monoisotopic (exact) mass is 232 g/mol. The van der Waals surface area contributed by atoms with Crippen LogP contribution in [0.1, 0.15) is 27.7 Å². The van der Waals surface area contributed by atoms with Gasteiger partial charge in [0.1, 0.15) is 0 Å². The average molecular weight is 232 g/mol. The van der Waals surface area contributed by atoms with Crippen LogP contribution < -0.4 is 10.6 Å². The third-order valence-electron chi connectivity index (χ3n) is 1.89. The van der Waals surface area contributed by atoms with E-state index in [9.17, 15) is 4.79 Å². The van der Waals surface area contributed by atoms with Crippen molar-refractivity contribution in [2.45, 2.75) is 33.7 Å². The Morgan fingerprint density at radius 2 is 2.00 bits per heavy atom. The van der Waals surface area contributed by atoms with Gasteiger partial charge < -0.3 is 10.6 Å². The van der Waals surface area contributed by atoms with Gasteiger partial charge in [0, 0.05) is 18.3 Å². The number of nitrogens with one attached hydrogen (secondary N) is 2. The minimum absolute atomic E-state index is 0.0945. The topological polar surface area (TPSA) is 41.1 Å². The van der Waals surface area contributed by atoms with Crippen LogP contribution in [0, 0.1) is 5.92 Å². The lowest BCUT2D eigenvalue weighted by Gasteiger charge is -2.13. The minimum atomic E-state index is 0.0945. The van der Waals surface area contributed by atoms with E-state index in [0.717, 1.165) is 18.1 Å². The predicted octanol–water partition coefficient (Wildman–Crippen LogP) is 1.49. The van der Waals surface area contributed by atoms with Crippen molar-refractivity contribution < 1.29 is 4.79 Å². The van der Waals surface area contributed by atoms with Crippen LogP contribution in [0.5, 0.6) is 0 Å². The molecule has 0 fully saturated rings. The molecule has 0 aromatic carbocycles. The Balaban J connectivity index is 3.44. The fourth-order valence-electron chi connectivity index (χ4n) is 1.00. The number of amides is 1. The molecular weight excluding hydrogens is 208 g/mol. The summed E-state index contributed by atoms with van der Waals surface area (Å²) in [6.45, 7) is 9.63. The third kappa shape index (κ3) is 10.1. The van der Waals surface area contributed by atoms with Crippen molar-refractivity contribution in [3.05, 3.63) is 0 Å². The Kier molecular flexibility index (Phi) is 8.91. The van der Waals surface area contributed by atoms with Crippen LogP contribution in [-0.4, -0.2) is 36.5 Å². The molecule has 0 saturated carbocycles. The predicted molar refractivity (Wildman–Crippen MR) is 68.3 cm³/mol. The lowest BCUT2D eigenvalue weighted by atomic mass is 10.2. The van der Waals surface area contributed by atoms with Crippen LogP contribution in [0.25, 0.3) is 0 Å². The van der Waals surface area contributed by atoms with Crippen molar-refractivity contribution in [1.82, 2.24) is 10.6 Å². The highest BCUT2D eigenvalue weighted by molar-refractivity contribution is 7.99. The number of hydrogen-bond acceptors (Lipinski definition) is 3. The summed E-state index contributed by atoms with van der Waals surface area (Å²) in [6, 6.07) is 0.403. The van der Waals surface area contributed by atoms with Gasteiger partial charge in [0.2, 0.25) is 5.91 Å². The Bertz CT molecular complexity index is 174. The van der Waals surface area contributed by atoms with Gasteiger partial charge in [0.15, 0.2) is 0 Å². The molecule has 0 aromatic heterocycles. The average Bonchev–Trinajstić information content (AvgIpc) is 2.20. The standard InChI is InChI=1S/C11H24N2OS/c1-5-15-8-10(4)12-7-11(14)13-6-9(2)3/h9-10,12H,5-8H2,1-4H3,(H,13,14). The number of carbonyl (C=O) groups is 1. The molecule has 3 nitrogen and oxygen atoms in total. The first-order valence-corrected chi connectivity index (χ1v) is 6.79. The van der Waals surface area contributed by atoms with Gasteiger partial charge in [0.05, 0.1) is 6.54 Å². The van der Waals surface area contributed by atoms with E-state index in [2.05, 4.69) is 38.3 Å². The summed E-state index contributed by atoms with van der Waals surface area (Å²) in [6.07, 6.45) is 0. The van der Waals surface area contributed by atoms with Crippen molar-refractivity contribution in [3.8, 4) is 0 Å². The molecule has 15 heavy (non-hydrogen) atoms. The maximum absolute atomic E-state index is 11.3. The maximum Gasteiger partial charge on any atom is 0.233 e. The van der Waals surface area contributed by atoms with Crippen LogP contribution in [0.15, 0.2) is 0 Å². The summed E-state index contributed by atoms with van der Waals surface area (Å²) < 4.78 is 0. The highest BCUT2D eigenvalue weighted by Crippen LogP contribution is 2.00. The molecule has 0 aliphatic carbocycles. The van der Waals surface area contributed by atoms with Crippen LogP contribution in [0.4, 0.5) is 0 Å². The second-order valence-corrected chi connectivity index (χ2v) is 5.46. The smallest absolute Gasteiger partial charge is 0.233 e. The first-order valence-electron chi connectivity index (χ1n) is 5.64. The molecule has 1 unspecified atom stereocenters. The number of hydrogen-bond donors (Lipinski definition) is 2. The first-order chi connectivity index (χ1) is 7.06. The molecule has 0 aliphatic heterocycles. The first kappa shape index (κ1) is 14.8. The van der Waals surface area contributed by atoms with Crippen molar-refractivity contribution in [2.75, 3.05) is 24.6 Å². The molecule has 2 N–H and O–H groups in total. The highest BCUT2D eigenvalue weighted by atomic mass is 32.2. The molecule has 1 atom stereocenters. The molecule has 0 spiro atoms. The van der Waals surface area contributed by atoms with Gasteiger partial charge in [-0.05, 0) is 18.6 Å². The van der Waals surface area contributed by atoms with E-state index in [0.29, 0.717) is 18.5 Å². The number of rotatable bonds is 8. The summed E-state index contributed by atoms with van der Waals surface area (Å²) in [4.78, 5) is 11.3. The fraction of sp³-hybridized carbons (Fsp3) is 0.909. The lowest BCUT2D eigenvalue weighted by Crippen LogP contribution is -2.40. The summed E-state index contributed by atoms with van der Waals surface area (Å²) in [5, 5.41) is 6.09.